The molecule has 1 N–H and O–H groups in total. The van der Waals surface area contributed by atoms with Gasteiger partial charge in [0.2, 0.25) is 5.91 Å². The van der Waals surface area contributed by atoms with Crippen LogP contribution < -0.4 is 11.1 Å². The first-order valence-electron chi connectivity index (χ1n) is 7.26. The highest BCUT2D eigenvalue weighted by atomic mass is 32.1. The molecule has 2 aromatic heterocycles. The first-order chi connectivity index (χ1) is 10.7. The van der Waals surface area contributed by atoms with Crippen LogP contribution in [0.4, 0.5) is 0 Å². The highest BCUT2D eigenvalue weighted by Gasteiger charge is 2.29. The Balaban J connectivity index is 1.68. The fourth-order valence-corrected chi connectivity index (χ4v) is 3.58. The second kappa shape index (κ2) is 6.31. The minimum Gasteiger partial charge on any atom is -0.336 e. The lowest BCUT2D eigenvalue weighted by molar-refractivity contribution is -0.132. The number of nitrogens with zero attached hydrogens (tertiary/aromatic N) is 2. The Morgan fingerprint density at radius 2 is 2.27 bits per heavy atom. The van der Waals surface area contributed by atoms with E-state index < -0.39 is 11.1 Å². The molecule has 6 nitrogen and oxygen atoms in total. The van der Waals surface area contributed by atoms with Gasteiger partial charge in [0, 0.05) is 31.9 Å². The molecule has 1 unspecified atom stereocenters. The zero-order chi connectivity index (χ0) is 15.5. The second-order valence-electron chi connectivity index (χ2n) is 5.34. The average Bonchev–Trinajstić information content (AvgIpc) is 3.18. The lowest BCUT2D eigenvalue weighted by Crippen LogP contribution is -2.37. The standard InChI is InChI=1S/C15H17N3O3S/c19-13(3-7-17-8-5-16-14(20)15(17)21)18-6-1-2-12(18)11-4-9-22-10-11/h4-5,8-10,12H,1-3,6-7H2,(H,16,20). The van der Waals surface area contributed by atoms with Crippen molar-refractivity contribution in [3.63, 3.8) is 0 Å². The van der Waals surface area contributed by atoms with Crippen molar-refractivity contribution < 1.29 is 4.79 Å². The molecule has 3 heterocycles. The zero-order valence-electron chi connectivity index (χ0n) is 12.0. The first-order valence-corrected chi connectivity index (χ1v) is 8.21. The fraction of sp³-hybridized carbons (Fsp3) is 0.400. The molecule has 0 aromatic carbocycles. The van der Waals surface area contributed by atoms with Gasteiger partial charge >= 0.3 is 11.1 Å². The predicted octanol–water partition coefficient (Wildman–Crippen LogP) is 1.35. The number of H-pyrrole nitrogens is 1. The van der Waals surface area contributed by atoms with E-state index in [2.05, 4.69) is 16.4 Å². The Bertz CT molecular complexity index is 763. The normalized spacial score (nSPS) is 17.8. The van der Waals surface area contributed by atoms with E-state index in [0.29, 0.717) is 0 Å². The van der Waals surface area contributed by atoms with Gasteiger partial charge in [0.1, 0.15) is 0 Å². The number of nitrogens with one attached hydrogen (secondary N) is 1. The van der Waals surface area contributed by atoms with Gasteiger partial charge in [-0.2, -0.15) is 11.3 Å². The summed E-state index contributed by atoms with van der Waals surface area (Å²) in [4.78, 5) is 39.6. The third-order valence-electron chi connectivity index (χ3n) is 3.99. The maximum absolute atomic E-state index is 12.4. The van der Waals surface area contributed by atoms with Crippen LogP contribution in [-0.4, -0.2) is 26.9 Å². The van der Waals surface area contributed by atoms with Crippen molar-refractivity contribution in [3.8, 4) is 0 Å². The Morgan fingerprint density at radius 1 is 1.41 bits per heavy atom. The summed E-state index contributed by atoms with van der Waals surface area (Å²) in [5.74, 6) is 0.0286. The highest BCUT2D eigenvalue weighted by molar-refractivity contribution is 7.07. The quantitative estimate of drug-likeness (QED) is 0.865. The van der Waals surface area contributed by atoms with Gasteiger partial charge in [-0.15, -0.1) is 0 Å². The van der Waals surface area contributed by atoms with Crippen molar-refractivity contribution >= 4 is 17.2 Å². The minimum atomic E-state index is -0.660. The molecule has 22 heavy (non-hydrogen) atoms. The molecule has 2 aromatic rings. The van der Waals surface area contributed by atoms with Crippen LogP contribution in [0.1, 0.15) is 30.9 Å². The number of likely N-dealkylation sites (tertiary alicyclic amines) is 1. The van der Waals surface area contributed by atoms with Gasteiger partial charge < -0.3 is 14.5 Å². The number of aromatic nitrogens is 2. The van der Waals surface area contributed by atoms with E-state index in [4.69, 9.17) is 0 Å². The molecule has 3 rings (SSSR count). The average molecular weight is 319 g/mol. The molecule has 0 spiro atoms. The summed E-state index contributed by atoms with van der Waals surface area (Å²) >= 11 is 1.63. The van der Waals surface area contributed by atoms with Gasteiger partial charge in [-0.05, 0) is 35.2 Å². The van der Waals surface area contributed by atoms with Gasteiger partial charge in [-0.25, -0.2) is 0 Å². The van der Waals surface area contributed by atoms with Gasteiger partial charge in [0.25, 0.3) is 0 Å². The summed E-state index contributed by atoms with van der Waals surface area (Å²) in [7, 11) is 0. The minimum absolute atomic E-state index is 0.0286. The molecule has 1 atom stereocenters. The van der Waals surface area contributed by atoms with E-state index in [9.17, 15) is 14.4 Å². The summed E-state index contributed by atoms with van der Waals surface area (Å²) in [5.41, 5.74) is -0.0949. The predicted molar refractivity (Wildman–Crippen MR) is 83.9 cm³/mol. The number of hydrogen-bond acceptors (Lipinski definition) is 4. The number of hydrogen-bond donors (Lipinski definition) is 1. The first kappa shape index (κ1) is 14.8. The Morgan fingerprint density at radius 3 is 3.05 bits per heavy atom. The van der Waals surface area contributed by atoms with Crippen molar-refractivity contribution in [2.45, 2.75) is 31.8 Å². The molecule has 0 aliphatic carbocycles. The Hall–Kier alpha value is -2.15. The van der Waals surface area contributed by atoms with Crippen molar-refractivity contribution in [2.75, 3.05) is 6.54 Å². The van der Waals surface area contributed by atoms with Crippen LogP contribution in [0.2, 0.25) is 0 Å². The van der Waals surface area contributed by atoms with E-state index in [1.165, 1.54) is 22.5 Å². The molecule has 1 fully saturated rings. The lowest BCUT2D eigenvalue weighted by atomic mass is 10.1. The maximum atomic E-state index is 12.4. The summed E-state index contributed by atoms with van der Waals surface area (Å²) in [5, 5.41) is 4.10. The van der Waals surface area contributed by atoms with Crippen molar-refractivity contribution in [1.82, 2.24) is 14.5 Å². The summed E-state index contributed by atoms with van der Waals surface area (Å²) < 4.78 is 1.28. The number of thiophene rings is 1. The topological polar surface area (TPSA) is 75.2 Å². The number of aryl methyl sites for hydroxylation is 1. The van der Waals surface area contributed by atoms with Crippen LogP contribution in [0, 0.1) is 0 Å². The summed E-state index contributed by atoms with van der Waals surface area (Å²) in [6.07, 6.45) is 5.12. The maximum Gasteiger partial charge on any atom is 0.316 e. The van der Waals surface area contributed by atoms with E-state index in [1.807, 2.05) is 10.3 Å². The van der Waals surface area contributed by atoms with Crippen LogP contribution in [-0.2, 0) is 11.3 Å². The number of aromatic amines is 1. The Kier molecular flexibility index (Phi) is 4.24. The Labute approximate surface area is 131 Å². The number of carbonyl (C=O) groups excluding carboxylic acids is 1. The van der Waals surface area contributed by atoms with E-state index in [1.54, 1.807) is 11.3 Å². The largest absolute Gasteiger partial charge is 0.336 e. The highest BCUT2D eigenvalue weighted by Crippen LogP contribution is 2.33. The third-order valence-corrected chi connectivity index (χ3v) is 4.69. The van der Waals surface area contributed by atoms with Crippen LogP contribution in [0.3, 0.4) is 0 Å². The molecule has 0 radical (unpaired) electrons. The van der Waals surface area contributed by atoms with Crippen LogP contribution in [0.5, 0.6) is 0 Å². The molecule has 7 heteroatoms. The van der Waals surface area contributed by atoms with Crippen LogP contribution >= 0.6 is 11.3 Å². The molecule has 1 aliphatic rings. The molecule has 1 amide bonds. The number of rotatable bonds is 4. The molecule has 1 aliphatic heterocycles. The van der Waals surface area contributed by atoms with Gasteiger partial charge in [-0.3, -0.25) is 14.4 Å². The van der Waals surface area contributed by atoms with Crippen LogP contribution in [0.15, 0.2) is 38.8 Å². The number of amides is 1. The molecular weight excluding hydrogens is 302 g/mol. The second-order valence-corrected chi connectivity index (χ2v) is 6.12. The molecule has 116 valence electrons. The van der Waals surface area contributed by atoms with E-state index in [0.717, 1.165) is 19.4 Å². The summed E-state index contributed by atoms with van der Waals surface area (Å²) in [6, 6.07) is 2.21. The molecule has 1 saturated heterocycles. The lowest BCUT2D eigenvalue weighted by Gasteiger charge is -2.24. The van der Waals surface area contributed by atoms with Gasteiger partial charge in [0.15, 0.2) is 0 Å². The SMILES string of the molecule is O=C(CCn1cc[nH]c(=O)c1=O)N1CCCC1c1ccsc1. The molecule has 0 bridgehead atoms. The third kappa shape index (κ3) is 2.89. The smallest absolute Gasteiger partial charge is 0.316 e. The van der Waals surface area contributed by atoms with Crippen molar-refractivity contribution in [1.29, 1.82) is 0 Å². The van der Waals surface area contributed by atoms with Crippen molar-refractivity contribution in [2.24, 2.45) is 0 Å². The fourth-order valence-electron chi connectivity index (χ4n) is 2.87. The van der Waals surface area contributed by atoms with E-state index in [-0.39, 0.29) is 24.9 Å². The summed E-state index contributed by atoms with van der Waals surface area (Å²) in [6.45, 7) is 0.984. The zero-order valence-corrected chi connectivity index (χ0v) is 12.8. The monoisotopic (exact) mass is 319 g/mol. The van der Waals surface area contributed by atoms with Gasteiger partial charge in [0.05, 0.1) is 6.04 Å². The van der Waals surface area contributed by atoms with Crippen LogP contribution in [0.25, 0.3) is 0 Å². The van der Waals surface area contributed by atoms with Gasteiger partial charge in [-0.1, -0.05) is 0 Å². The molecule has 0 saturated carbocycles. The molecular formula is C15H17N3O3S. The van der Waals surface area contributed by atoms with E-state index >= 15 is 0 Å². The van der Waals surface area contributed by atoms with Crippen molar-refractivity contribution in [3.05, 3.63) is 55.5 Å². The number of carbonyl (C=O) groups is 1.